The highest BCUT2D eigenvalue weighted by atomic mass is 35.5. The number of nitrogens with one attached hydrogen (secondary N) is 1. The molecule has 0 aromatic heterocycles. The van der Waals surface area contributed by atoms with Crippen molar-refractivity contribution in [1.82, 2.24) is 5.32 Å². The molecule has 1 aromatic rings. The number of barbiturate groups is 1. The van der Waals surface area contributed by atoms with Crippen molar-refractivity contribution >= 4 is 35.1 Å². The zero-order valence-corrected chi connectivity index (χ0v) is 10.9. The molecule has 1 saturated carbocycles. The van der Waals surface area contributed by atoms with Gasteiger partial charge in [0, 0.05) is 0 Å². The Morgan fingerprint density at radius 2 is 2.00 bits per heavy atom. The predicted octanol–water partition coefficient (Wildman–Crippen LogP) is 1.57. The van der Waals surface area contributed by atoms with Crippen molar-refractivity contribution in [3.63, 3.8) is 0 Å². The number of anilines is 1. The highest BCUT2D eigenvalue weighted by Crippen LogP contribution is 2.50. The maximum atomic E-state index is 12.4. The van der Waals surface area contributed by atoms with Crippen molar-refractivity contribution in [3.8, 4) is 6.07 Å². The molecule has 1 aliphatic carbocycles. The molecule has 7 heteroatoms. The summed E-state index contributed by atoms with van der Waals surface area (Å²) in [5.74, 6) is -1.11. The predicted molar refractivity (Wildman–Crippen MR) is 68.9 cm³/mol. The van der Waals surface area contributed by atoms with Gasteiger partial charge in [0.1, 0.15) is 5.41 Å². The average molecular weight is 290 g/mol. The van der Waals surface area contributed by atoms with Crippen LogP contribution in [0.5, 0.6) is 0 Å². The molecule has 100 valence electrons. The summed E-state index contributed by atoms with van der Waals surface area (Å²) in [7, 11) is 0. The van der Waals surface area contributed by atoms with Crippen molar-refractivity contribution in [2.75, 3.05) is 4.90 Å². The average Bonchev–Trinajstić information content (AvgIpc) is 3.20. The molecule has 4 amide bonds. The Hall–Kier alpha value is -2.39. The monoisotopic (exact) mass is 289 g/mol. The molecule has 1 aromatic carbocycles. The third kappa shape index (κ3) is 1.60. The minimum Gasteiger partial charge on any atom is -0.276 e. The van der Waals surface area contributed by atoms with Gasteiger partial charge in [0.2, 0.25) is 5.91 Å². The molecule has 3 rings (SSSR count). The minimum absolute atomic E-state index is 0.109. The maximum Gasteiger partial charge on any atom is 0.335 e. The van der Waals surface area contributed by atoms with Crippen LogP contribution in [0.15, 0.2) is 18.2 Å². The third-order valence-electron chi connectivity index (χ3n) is 3.54. The lowest BCUT2D eigenvalue weighted by Crippen LogP contribution is -2.59. The molecule has 2 aliphatic rings. The van der Waals surface area contributed by atoms with Gasteiger partial charge < -0.3 is 0 Å². The molecule has 6 nitrogen and oxygen atoms in total. The Labute approximate surface area is 118 Å². The van der Waals surface area contributed by atoms with Gasteiger partial charge in [-0.15, -0.1) is 0 Å². The van der Waals surface area contributed by atoms with E-state index >= 15 is 0 Å². The van der Waals surface area contributed by atoms with E-state index in [1.807, 2.05) is 6.07 Å². The Balaban J connectivity index is 2.05. The summed E-state index contributed by atoms with van der Waals surface area (Å²) in [6.07, 6.45) is 0.852. The van der Waals surface area contributed by atoms with Gasteiger partial charge in [-0.2, -0.15) is 5.26 Å². The van der Waals surface area contributed by atoms with E-state index in [1.54, 1.807) is 0 Å². The minimum atomic E-state index is -1.12. The number of hydrogen-bond acceptors (Lipinski definition) is 4. The Morgan fingerprint density at radius 3 is 2.55 bits per heavy atom. The number of hydrogen-bond donors (Lipinski definition) is 1. The first kappa shape index (κ1) is 12.6. The number of amides is 4. The van der Waals surface area contributed by atoms with Gasteiger partial charge in [0.25, 0.3) is 5.91 Å². The smallest absolute Gasteiger partial charge is 0.276 e. The van der Waals surface area contributed by atoms with E-state index in [1.165, 1.54) is 18.2 Å². The van der Waals surface area contributed by atoms with E-state index in [2.05, 4.69) is 5.32 Å². The van der Waals surface area contributed by atoms with Gasteiger partial charge in [0.15, 0.2) is 0 Å². The van der Waals surface area contributed by atoms with E-state index in [4.69, 9.17) is 16.9 Å². The number of halogens is 1. The van der Waals surface area contributed by atoms with Crippen molar-refractivity contribution in [3.05, 3.63) is 28.8 Å². The Morgan fingerprint density at radius 1 is 1.30 bits per heavy atom. The lowest BCUT2D eigenvalue weighted by atomic mass is 10.0. The van der Waals surface area contributed by atoms with Crippen LogP contribution in [0, 0.1) is 16.7 Å². The third-order valence-corrected chi connectivity index (χ3v) is 3.84. The number of nitriles is 1. The fourth-order valence-electron chi connectivity index (χ4n) is 2.22. The van der Waals surface area contributed by atoms with E-state index in [0.29, 0.717) is 18.4 Å². The second-order valence-corrected chi connectivity index (χ2v) is 5.17. The van der Waals surface area contributed by atoms with Crippen LogP contribution in [0.3, 0.4) is 0 Å². The van der Waals surface area contributed by atoms with Crippen LogP contribution in [0.1, 0.15) is 18.4 Å². The standard InChI is InChI=1S/C13H8ClN3O3/c14-8-5-7(6-15)1-2-9(8)17-11(19)13(3-4-13)10(18)16-12(17)20/h1-2,5H,3-4H2,(H,16,18,20). The quantitative estimate of drug-likeness (QED) is 0.795. The summed E-state index contributed by atoms with van der Waals surface area (Å²) in [5, 5.41) is 11.1. The maximum absolute atomic E-state index is 12.4. The first-order chi connectivity index (χ1) is 9.49. The summed E-state index contributed by atoms with van der Waals surface area (Å²) in [4.78, 5) is 36.8. The SMILES string of the molecule is N#Cc1ccc(N2C(=O)NC(=O)C3(CC3)C2=O)c(Cl)c1. The van der Waals surface area contributed by atoms with Crippen LogP contribution in [-0.4, -0.2) is 17.8 Å². The zero-order valence-electron chi connectivity index (χ0n) is 10.1. The summed E-state index contributed by atoms with van der Waals surface area (Å²) < 4.78 is 0. The molecule has 1 saturated heterocycles. The molecule has 1 aliphatic heterocycles. The number of carbonyl (C=O) groups excluding carboxylic acids is 3. The van der Waals surface area contributed by atoms with E-state index < -0.39 is 23.3 Å². The van der Waals surface area contributed by atoms with Gasteiger partial charge in [-0.05, 0) is 31.0 Å². The number of urea groups is 1. The molecule has 2 fully saturated rings. The normalized spacial score (nSPS) is 19.8. The summed E-state index contributed by atoms with van der Waals surface area (Å²) in [5.41, 5.74) is -0.627. The summed E-state index contributed by atoms with van der Waals surface area (Å²) in [6.45, 7) is 0. The highest BCUT2D eigenvalue weighted by molar-refractivity contribution is 6.38. The summed E-state index contributed by atoms with van der Waals surface area (Å²) in [6, 6.07) is 5.34. The second kappa shape index (κ2) is 4.05. The molecular formula is C13H8ClN3O3. The molecule has 1 heterocycles. The van der Waals surface area contributed by atoms with Crippen molar-refractivity contribution in [1.29, 1.82) is 5.26 Å². The van der Waals surface area contributed by atoms with Crippen molar-refractivity contribution in [2.45, 2.75) is 12.8 Å². The molecule has 1 N–H and O–H groups in total. The zero-order chi connectivity index (χ0) is 14.5. The first-order valence-corrected chi connectivity index (χ1v) is 6.27. The van der Waals surface area contributed by atoms with Gasteiger partial charge in [-0.1, -0.05) is 11.6 Å². The molecule has 0 atom stereocenters. The van der Waals surface area contributed by atoms with Crippen molar-refractivity contribution < 1.29 is 14.4 Å². The molecule has 0 bridgehead atoms. The molecule has 20 heavy (non-hydrogen) atoms. The van der Waals surface area contributed by atoms with Crippen LogP contribution >= 0.6 is 11.6 Å². The number of imide groups is 2. The van der Waals surface area contributed by atoms with Crippen LogP contribution < -0.4 is 10.2 Å². The number of carbonyl (C=O) groups is 3. The number of benzene rings is 1. The largest absolute Gasteiger partial charge is 0.335 e. The molecule has 0 unspecified atom stereocenters. The van der Waals surface area contributed by atoms with E-state index in [-0.39, 0.29) is 10.7 Å². The van der Waals surface area contributed by atoms with Gasteiger partial charge in [-0.25, -0.2) is 9.69 Å². The molecule has 1 spiro atoms. The van der Waals surface area contributed by atoms with Gasteiger partial charge in [-0.3, -0.25) is 14.9 Å². The van der Waals surface area contributed by atoms with Crippen LogP contribution in [0.25, 0.3) is 0 Å². The van der Waals surface area contributed by atoms with Crippen LogP contribution in [-0.2, 0) is 9.59 Å². The lowest BCUT2D eigenvalue weighted by Gasteiger charge is -2.30. The second-order valence-electron chi connectivity index (χ2n) is 4.76. The molecular weight excluding hydrogens is 282 g/mol. The van der Waals surface area contributed by atoms with Gasteiger partial charge in [0.05, 0.1) is 22.3 Å². The Bertz CT molecular complexity index is 703. The van der Waals surface area contributed by atoms with Crippen LogP contribution in [0.2, 0.25) is 5.02 Å². The lowest BCUT2D eigenvalue weighted by molar-refractivity contribution is -0.136. The Kier molecular flexibility index (Phi) is 2.56. The summed E-state index contributed by atoms with van der Waals surface area (Å²) >= 11 is 6.01. The van der Waals surface area contributed by atoms with Crippen molar-refractivity contribution in [2.24, 2.45) is 5.41 Å². The van der Waals surface area contributed by atoms with E-state index in [0.717, 1.165) is 4.90 Å². The van der Waals surface area contributed by atoms with Crippen LogP contribution in [0.4, 0.5) is 10.5 Å². The molecule has 0 radical (unpaired) electrons. The fourth-order valence-corrected chi connectivity index (χ4v) is 2.48. The number of nitrogens with zero attached hydrogens (tertiary/aromatic N) is 2. The number of rotatable bonds is 1. The highest BCUT2D eigenvalue weighted by Gasteiger charge is 2.62. The topological polar surface area (TPSA) is 90.3 Å². The van der Waals surface area contributed by atoms with Gasteiger partial charge >= 0.3 is 6.03 Å². The fraction of sp³-hybridized carbons (Fsp3) is 0.231. The first-order valence-electron chi connectivity index (χ1n) is 5.89. The van der Waals surface area contributed by atoms with E-state index in [9.17, 15) is 14.4 Å².